The van der Waals surface area contributed by atoms with Crippen LogP contribution in [0.2, 0.25) is 0 Å². The highest BCUT2D eigenvalue weighted by Crippen LogP contribution is 2.42. The average Bonchev–Trinajstić information content (AvgIpc) is 2.72. The van der Waals surface area contributed by atoms with Crippen LogP contribution in [0.25, 0.3) is 0 Å². The first-order valence-electron chi connectivity index (χ1n) is 5.19. The monoisotopic (exact) mass is 177 g/mol. The molecule has 1 aliphatic carbocycles. The zero-order valence-electron chi connectivity index (χ0n) is 7.71. The second-order valence-electron chi connectivity index (χ2n) is 4.20. The third-order valence-corrected chi connectivity index (χ3v) is 3.19. The van der Waals surface area contributed by atoms with E-state index in [-0.39, 0.29) is 0 Å². The smallest absolute Gasteiger partial charge is 0.0525 e. The van der Waals surface area contributed by atoms with Gasteiger partial charge in [-0.15, -0.1) is 0 Å². The van der Waals surface area contributed by atoms with Crippen LogP contribution in [0.3, 0.4) is 0 Å². The Bertz CT molecular complexity index is 295. The minimum Gasteiger partial charge on any atom is -0.316 e. The van der Waals surface area contributed by atoms with Crippen molar-refractivity contribution in [1.29, 1.82) is 0 Å². The Morgan fingerprint density at radius 3 is 2.85 bits per heavy atom. The molecule has 3 rings (SSSR count). The summed E-state index contributed by atoms with van der Waals surface area (Å²) in [5.41, 5.74) is 2.90. The number of hydrogen-bond acceptors (Lipinski definition) is 2. The van der Waals surface area contributed by atoms with Crippen LogP contribution in [0.5, 0.6) is 0 Å². The van der Waals surface area contributed by atoms with Crippen LogP contribution in [0, 0.1) is 0 Å². The maximum Gasteiger partial charge on any atom is 0.0525 e. The average molecular weight is 177 g/mol. The lowest BCUT2D eigenvalue weighted by Gasteiger charge is -2.07. The van der Waals surface area contributed by atoms with Gasteiger partial charge in [-0.25, -0.2) is 0 Å². The third-order valence-electron chi connectivity index (χ3n) is 3.19. The summed E-state index contributed by atoms with van der Waals surface area (Å²) in [6.07, 6.45) is 6.02. The van der Waals surface area contributed by atoms with Crippen LogP contribution in [0.1, 0.15) is 42.4 Å². The molecule has 1 saturated heterocycles. The highest BCUT2D eigenvalue weighted by atomic mass is 15.1. The van der Waals surface area contributed by atoms with Gasteiger partial charge in [-0.1, -0.05) is 0 Å². The number of aromatic nitrogens is 2. The summed E-state index contributed by atoms with van der Waals surface area (Å²) in [5, 5.41) is 10.7. The molecule has 3 heteroatoms. The van der Waals surface area contributed by atoms with Crippen molar-refractivity contribution in [3.63, 3.8) is 0 Å². The van der Waals surface area contributed by atoms with E-state index >= 15 is 0 Å². The minimum atomic E-state index is 0.717. The topological polar surface area (TPSA) is 40.7 Å². The van der Waals surface area contributed by atoms with E-state index in [2.05, 4.69) is 15.5 Å². The van der Waals surface area contributed by atoms with Gasteiger partial charge in [0.25, 0.3) is 0 Å². The Morgan fingerprint density at radius 1 is 1.23 bits per heavy atom. The van der Waals surface area contributed by atoms with E-state index in [9.17, 15) is 0 Å². The van der Waals surface area contributed by atoms with E-state index in [1.807, 2.05) is 6.20 Å². The maximum absolute atomic E-state index is 4.18. The molecular formula is C10H15N3. The van der Waals surface area contributed by atoms with Gasteiger partial charge in [0, 0.05) is 24.1 Å². The van der Waals surface area contributed by atoms with Gasteiger partial charge < -0.3 is 5.32 Å². The Hall–Kier alpha value is -0.830. The highest BCUT2D eigenvalue weighted by Gasteiger charge is 2.30. The summed E-state index contributed by atoms with van der Waals surface area (Å²) in [6, 6.07) is 0. The fourth-order valence-electron chi connectivity index (χ4n) is 2.25. The van der Waals surface area contributed by atoms with Crippen molar-refractivity contribution in [3.05, 3.63) is 17.5 Å². The van der Waals surface area contributed by atoms with Crippen molar-refractivity contribution < 1.29 is 0 Å². The first kappa shape index (κ1) is 7.56. The van der Waals surface area contributed by atoms with Crippen molar-refractivity contribution in [2.45, 2.75) is 31.1 Å². The second-order valence-corrected chi connectivity index (χ2v) is 4.20. The van der Waals surface area contributed by atoms with E-state index in [1.165, 1.54) is 37.1 Å². The molecule has 1 aromatic heterocycles. The standard InChI is InChI=1S/C10H15N3/c1-2-7(1)10-9(6-12-13-10)8-3-4-11-5-8/h6-8,11H,1-5H2,(H,12,13). The van der Waals surface area contributed by atoms with Crippen molar-refractivity contribution >= 4 is 0 Å². The van der Waals surface area contributed by atoms with Gasteiger partial charge in [-0.2, -0.15) is 5.10 Å². The molecule has 1 unspecified atom stereocenters. The molecule has 70 valence electrons. The van der Waals surface area contributed by atoms with Crippen molar-refractivity contribution in [2.75, 3.05) is 13.1 Å². The van der Waals surface area contributed by atoms with E-state index in [1.54, 1.807) is 0 Å². The first-order valence-corrected chi connectivity index (χ1v) is 5.19. The summed E-state index contributed by atoms with van der Waals surface area (Å²) in [5.74, 6) is 1.52. The Morgan fingerprint density at radius 2 is 2.15 bits per heavy atom. The molecule has 2 N–H and O–H groups in total. The highest BCUT2D eigenvalue weighted by molar-refractivity contribution is 5.28. The number of nitrogens with one attached hydrogen (secondary N) is 2. The van der Waals surface area contributed by atoms with Crippen LogP contribution < -0.4 is 5.32 Å². The van der Waals surface area contributed by atoms with Crippen molar-refractivity contribution in [3.8, 4) is 0 Å². The zero-order chi connectivity index (χ0) is 8.67. The van der Waals surface area contributed by atoms with Crippen LogP contribution >= 0.6 is 0 Å². The van der Waals surface area contributed by atoms with Gasteiger partial charge in [0.05, 0.1) is 6.20 Å². The number of nitrogens with zero attached hydrogens (tertiary/aromatic N) is 1. The minimum absolute atomic E-state index is 0.717. The molecular weight excluding hydrogens is 162 g/mol. The Balaban J connectivity index is 1.88. The Labute approximate surface area is 77.9 Å². The molecule has 1 atom stereocenters. The molecule has 2 heterocycles. The summed E-state index contributed by atoms with van der Waals surface area (Å²) >= 11 is 0. The normalized spacial score (nSPS) is 28.2. The molecule has 1 aliphatic heterocycles. The summed E-state index contributed by atoms with van der Waals surface area (Å²) in [7, 11) is 0. The van der Waals surface area contributed by atoms with Gasteiger partial charge in [0.15, 0.2) is 0 Å². The van der Waals surface area contributed by atoms with Crippen LogP contribution in [-0.2, 0) is 0 Å². The molecule has 2 fully saturated rings. The quantitative estimate of drug-likeness (QED) is 0.716. The zero-order valence-corrected chi connectivity index (χ0v) is 7.71. The molecule has 1 saturated carbocycles. The molecule has 0 amide bonds. The fraction of sp³-hybridized carbons (Fsp3) is 0.700. The predicted octanol–water partition coefficient (Wildman–Crippen LogP) is 1.36. The fourth-order valence-corrected chi connectivity index (χ4v) is 2.25. The first-order chi connectivity index (χ1) is 6.45. The van der Waals surface area contributed by atoms with Crippen LogP contribution in [0.15, 0.2) is 6.20 Å². The van der Waals surface area contributed by atoms with Gasteiger partial charge in [0.1, 0.15) is 0 Å². The maximum atomic E-state index is 4.18. The molecule has 0 spiro atoms. The lowest BCUT2D eigenvalue weighted by molar-refractivity contribution is 0.749. The molecule has 1 aromatic rings. The van der Waals surface area contributed by atoms with Gasteiger partial charge in [-0.05, 0) is 31.4 Å². The lowest BCUT2D eigenvalue weighted by Crippen LogP contribution is -2.08. The SMILES string of the molecule is c1n[nH]c(C2CC2)c1C1CCNC1. The summed E-state index contributed by atoms with van der Waals surface area (Å²) in [6.45, 7) is 2.30. The lowest BCUT2D eigenvalue weighted by atomic mass is 9.97. The Kier molecular flexibility index (Phi) is 1.65. The number of hydrogen-bond donors (Lipinski definition) is 2. The summed E-state index contributed by atoms with van der Waals surface area (Å²) < 4.78 is 0. The van der Waals surface area contributed by atoms with E-state index in [0.717, 1.165) is 12.5 Å². The number of aromatic amines is 1. The van der Waals surface area contributed by atoms with E-state index in [0.29, 0.717) is 5.92 Å². The molecule has 0 bridgehead atoms. The van der Waals surface area contributed by atoms with Crippen molar-refractivity contribution in [1.82, 2.24) is 15.5 Å². The number of rotatable bonds is 2. The number of H-pyrrole nitrogens is 1. The molecule has 3 nitrogen and oxygen atoms in total. The van der Waals surface area contributed by atoms with Crippen molar-refractivity contribution in [2.24, 2.45) is 0 Å². The van der Waals surface area contributed by atoms with Gasteiger partial charge >= 0.3 is 0 Å². The van der Waals surface area contributed by atoms with Crippen LogP contribution in [-0.4, -0.2) is 23.3 Å². The summed E-state index contributed by atoms with van der Waals surface area (Å²) in [4.78, 5) is 0. The molecule has 13 heavy (non-hydrogen) atoms. The largest absolute Gasteiger partial charge is 0.316 e. The molecule has 0 radical (unpaired) electrons. The van der Waals surface area contributed by atoms with Gasteiger partial charge in [0.2, 0.25) is 0 Å². The van der Waals surface area contributed by atoms with Gasteiger partial charge in [-0.3, -0.25) is 5.10 Å². The van der Waals surface area contributed by atoms with Crippen LogP contribution in [0.4, 0.5) is 0 Å². The van der Waals surface area contributed by atoms with E-state index in [4.69, 9.17) is 0 Å². The predicted molar refractivity (Wildman–Crippen MR) is 50.8 cm³/mol. The molecule has 2 aliphatic rings. The van der Waals surface area contributed by atoms with E-state index < -0.39 is 0 Å². The molecule has 0 aromatic carbocycles. The third kappa shape index (κ3) is 1.27. The second kappa shape index (κ2) is 2.84.